The molecule has 2 N–H and O–H groups in total. The van der Waals surface area contributed by atoms with Gasteiger partial charge in [0.1, 0.15) is 5.75 Å². The fourth-order valence-electron chi connectivity index (χ4n) is 2.00. The molecule has 0 fully saturated rings. The first-order chi connectivity index (χ1) is 11.3. The number of ether oxygens (including phenoxy) is 1. The van der Waals surface area contributed by atoms with Crippen molar-refractivity contribution in [1.82, 2.24) is 4.72 Å². The summed E-state index contributed by atoms with van der Waals surface area (Å²) in [5.41, 5.74) is 1.18. The Hall–Kier alpha value is -2.09. The second-order valence-electron chi connectivity index (χ2n) is 5.03. The minimum atomic E-state index is -3.76. The third kappa shape index (κ3) is 4.70. The number of nitrogens with one attached hydrogen (secondary N) is 2. The van der Waals surface area contributed by atoms with Gasteiger partial charge in [-0.15, -0.1) is 0 Å². The molecule has 0 aliphatic carbocycles. The zero-order chi connectivity index (χ0) is 17.7. The molecule has 24 heavy (non-hydrogen) atoms. The largest absolute Gasteiger partial charge is 0.495 e. The molecule has 0 bridgehead atoms. The van der Waals surface area contributed by atoms with E-state index in [9.17, 15) is 13.2 Å². The Bertz CT molecular complexity index is 853. The quantitative estimate of drug-likeness (QED) is 0.820. The van der Waals surface area contributed by atoms with Crippen LogP contribution < -0.4 is 14.8 Å². The van der Waals surface area contributed by atoms with Crippen molar-refractivity contribution in [3.8, 4) is 5.75 Å². The Morgan fingerprint density at radius 3 is 2.62 bits per heavy atom. The monoisotopic (exact) mass is 368 g/mol. The van der Waals surface area contributed by atoms with Crippen molar-refractivity contribution in [2.75, 3.05) is 19.0 Å². The van der Waals surface area contributed by atoms with E-state index in [1.54, 1.807) is 31.2 Å². The summed E-state index contributed by atoms with van der Waals surface area (Å²) in [4.78, 5) is 12.1. The molecule has 0 unspecified atom stereocenters. The van der Waals surface area contributed by atoms with Gasteiger partial charge in [-0.25, -0.2) is 13.1 Å². The molecule has 0 radical (unpaired) electrons. The smallest absolute Gasteiger partial charge is 0.241 e. The highest BCUT2D eigenvalue weighted by Gasteiger charge is 2.16. The topological polar surface area (TPSA) is 84.5 Å². The van der Waals surface area contributed by atoms with Crippen LogP contribution in [0.4, 0.5) is 5.69 Å². The summed E-state index contributed by atoms with van der Waals surface area (Å²) in [5, 5.41) is 2.99. The molecule has 6 nitrogen and oxygen atoms in total. The van der Waals surface area contributed by atoms with Gasteiger partial charge in [0, 0.05) is 5.02 Å². The number of anilines is 1. The molecule has 0 spiro atoms. The van der Waals surface area contributed by atoms with Gasteiger partial charge < -0.3 is 10.1 Å². The lowest BCUT2D eigenvalue weighted by Crippen LogP contribution is -2.33. The van der Waals surface area contributed by atoms with Crippen LogP contribution in [0.5, 0.6) is 5.75 Å². The van der Waals surface area contributed by atoms with E-state index in [-0.39, 0.29) is 4.90 Å². The van der Waals surface area contributed by atoms with Crippen molar-refractivity contribution in [3.05, 3.63) is 53.1 Å². The summed E-state index contributed by atoms with van der Waals surface area (Å²) in [7, 11) is -2.30. The van der Waals surface area contributed by atoms with Gasteiger partial charge in [0.2, 0.25) is 15.9 Å². The van der Waals surface area contributed by atoms with E-state index < -0.39 is 22.5 Å². The van der Waals surface area contributed by atoms with Crippen molar-refractivity contribution in [1.29, 1.82) is 0 Å². The zero-order valence-corrected chi connectivity index (χ0v) is 14.7. The fourth-order valence-corrected chi connectivity index (χ4v) is 3.26. The molecule has 2 rings (SSSR count). The van der Waals surface area contributed by atoms with Crippen LogP contribution in [0.2, 0.25) is 5.02 Å². The molecule has 0 aromatic heterocycles. The minimum Gasteiger partial charge on any atom is -0.495 e. The molecule has 1 amide bonds. The van der Waals surface area contributed by atoms with Crippen LogP contribution in [-0.2, 0) is 14.8 Å². The molecular formula is C16H17ClN2O4S. The number of carbonyl (C=O) groups is 1. The highest BCUT2D eigenvalue weighted by atomic mass is 35.5. The van der Waals surface area contributed by atoms with E-state index in [2.05, 4.69) is 10.0 Å². The van der Waals surface area contributed by atoms with Crippen LogP contribution in [0.15, 0.2) is 47.4 Å². The highest BCUT2D eigenvalue weighted by molar-refractivity contribution is 7.89. The van der Waals surface area contributed by atoms with Crippen molar-refractivity contribution >= 4 is 33.2 Å². The fraction of sp³-hybridized carbons (Fsp3) is 0.188. The Labute approximate surface area is 145 Å². The predicted octanol–water partition coefficient (Wildman–Crippen LogP) is 2.57. The van der Waals surface area contributed by atoms with E-state index >= 15 is 0 Å². The number of aryl methyl sites for hydroxylation is 1. The molecule has 128 valence electrons. The number of methoxy groups -OCH3 is 1. The Morgan fingerprint density at radius 1 is 1.21 bits per heavy atom. The molecule has 0 aliphatic rings. The Kier molecular flexibility index (Phi) is 5.82. The van der Waals surface area contributed by atoms with Crippen molar-refractivity contribution in [2.24, 2.45) is 0 Å². The molecule has 8 heteroatoms. The van der Waals surface area contributed by atoms with Crippen molar-refractivity contribution in [3.63, 3.8) is 0 Å². The van der Waals surface area contributed by atoms with Crippen LogP contribution in [0.1, 0.15) is 5.56 Å². The molecule has 0 aliphatic heterocycles. The molecule has 2 aromatic rings. The van der Waals surface area contributed by atoms with Crippen LogP contribution in [0, 0.1) is 6.92 Å². The van der Waals surface area contributed by atoms with Crippen LogP contribution >= 0.6 is 11.6 Å². The summed E-state index contributed by atoms with van der Waals surface area (Å²) in [5.74, 6) is -0.110. The number of hydrogen-bond donors (Lipinski definition) is 2. The van der Waals surface area contributed by atoms with Crippen LogP contribution in [-0.4, -0.2) is 28.0 Å². The van der Waals surface area contributed by atoms with Crippen molar-refractivity contribution < 1.29 is 17.9 Å². The number of halogens is 1. The third-order valence-corrected chi connectivity index (χ3v) is 4.79. The number of rotatable bonds is 6. The lowest BCUT2D eigenvalue weighted by atomic mass is 10.2. The third-order valence-electron chi connectivity index (χ3n) is 3.16. The van der Waals surface area contributed by atoms with E-state index in [0.717, 1.165) is 5.56 Å². The van der Waals surface area contributed by atoms with E-state index in [1.165, 1.54) is 25.3 Å². The van der Waals surface area contributed by atoms with E-state index in [4.69, 9.17) is 16.3 Å². The summed E-state index contributed by atoms with van der Waals surface area (Å²) >= 11 is 5.88. The van der Waals surface area contributed by atoms with Crippen LogP contribution in [0.3, 0.4) is 0 Å². The normalized spacial score (nSPS) is 11.1. The number of benzene rings is 2. The lowest BCUT2D eigenvalue weighted by molar-refractivity contribution is -0.115. The van der Waals surface area contributed by atoms with Crippen molar-refractivity contribution in [2.45, 2.75) is 11.8 Å². The molecule has 2 aromatic carbocycles. The molecule has 0 heterocycles. The maximum absolute atomic E-state index is 12.2. The van der Waals surface area contributed by atoms with E-state index in [1.807, 2.05) is 0 Å². The molecule has 0 saturated carbocycles. The second kappa shape index (κ2) is 7.65. The van der Waals surface area contributed by atoms with Gasteiger partial charge in [0.25, 0.3) is 0 Å². The van der Waals surface area contributed by atoms with Gasteiger partial charge >= 0.3 is 0 Å². The van der Waals surface area contributed by atoms with Gasteiger partial charge in [-0.2, -0.15) is 0 Å². The minimum absolute atomic E-state index is 0.107. The highest BCUT2D eigenvalue weighted by Crippen LogP contribution is 2.27. The Morgan fingerprint density at radius 2 is 1.96 bits per heavy atom. The predicted molar refractivity (Wildman–Crippen MR) is 93.0 cm³/mol. The van der Waals surface area contributed by atoms with Gasteiger partial charge in [-0.1, -0.05) is 23.7 Å². The zero-order valence-electron chi connectivity index (χ0n) is 13.2. The molecule has 0 atom stereocenters. The van der Waals surface area contributed by atoms with Gasteiger partial charge in [-0.3, -0.25) is 4.79 Å². The first-order valence-corrected chi connectivity index (χ1v) is 8.87. The molecule has 0 saturated heterocycles. The SMILES string of the molecule is COc1ccc(Cl)cc1NC(=O)CNS(=O)(=O)c1cccc(C)c1. The maximum atomic E-state index is 12.2. The number of sulfonamides is 1. The standard InChI is InChI=1S/C16H17ClN2O4S/c1-11-4-3-5-13(8-11)24(21,22)18-10-16(20)19-14-9-12(17)6-7-15(14)23-2/h3-9,18H,10H2,1-2H3,(H,19,20). The van der Waals surface area contributed by atoms with Crippen LogP contribution in [0.25, 0.3) is 0 Å². The van der Waals surface area contributed by atoms with Gasteiger partial charge in [0.05, 0.1) is 24.2 Å². The number of carbonyl (C=O) groups excluding carboxylic acids is 1. The van der Waals surface area contributed by atoms with Gasteiger partial charge in [0.15, 0.2) is 0 Å². The summed E-state index contributed by atoms with van der Waals surface area (Å²) in [6.07, 6.45) is 0. The average molecular weight is 369 g/mol. The number of hydrogen-bond acceptors (Lipinski definition) is 4. The summed E-state index contributed by atoms with van der Waals surface area (Å²) < 4.78 is 31.7. The first-order valence-electron chi connectivity index (χ1n) is 7.01. The maximum Gasteiger partial charge on any atom is 0.241 e. The first kappa shape index (κ1) is 18.3. The number of amides is 1. The lowest BCUT2D eigenvalue weighted by Gasteiger charge is -2.11. The molecular weight excluding hydrogens is 352 g/mol. The van der Waals surface area contributed by atoms with Gasteiger partial charge in [-0.05, 0) is 42.8 Å². The second-order valence-corrected chi connectivity index (χ2v) is 7.24. The average Bonchev–Trinajstić information content (AvgIpc) is 2.53. The Balaban J connectivity index is 2.04. The van der Waals surface area contributed by atoms with E-state index in [0.29, 0.717) is 16.5 Å². The summed E-state index contributed by atoms with van der Waals surface area (Å²) in [6.45, 7) is 1.38. The summed E-state index contributed by atoms with van der Waals surface area (Å²) in [6, 6.07) is 11.2.